The Bertz CT molecular complexity index is 1910. The number of hydrogen-bond donors (Lipinski definition) is 0. The zero-order chi connectivity index (χ0) is 26.6. The van der Waals surface area contributed by atoms with Crippen LogP contribution in [0.15, 0.2) is 133 Å². The van der Waals surface area contributed by atoms with Crippen molar-refractivity contribution in [3.8, 4) is 56.4 Å². The van der Waals surface area contributed by atoms with Crippen molar-refractivity contribution < 1.29 is 9.47 Å². The van der Waals surface area contributed by atoms with E-state index in [2.05, 4.69) is 134 Å². The first-order valence-electron chi connectivity index (χ1n) is 13.7. The maximum atomic E-state index is 6.81. The molecule has 0 bridgehead atoms. The van der Waals surface area contributed by atoms with Gasteiger partial charge in [-0.15, -0.1) is 0 Å². The second kappa shape index (κ2) is 9.03. The molecule has 0 saturated carbocycles. The first-order valence-corrected chi connectivity index (χ1v) is 13.7. The van der Waals surface area contributed by atoms with Gasteiger partial charge in [-0.25, -0.2) is 0 Å². The predicted molar refractivity (Wildman–Crippen MR) is 165 cm³/mol. The summed E-state index contributed by atoms with van der Waals surface area (Å²) in [7, 11) is 0. The number of benzene rings is 6. The minimum Gasteiger partial charge on any atom is -0.458 e. The normalized spacial score (nSPS) is 12.5. The molecule has 0 amide bonds. The third kappa shape index (κ3) is 3.51. The van der Waals surface area contributed by atoms with E-state index in [0.29, 0.717) is 0 Å². The average Bonchev–Trinajstić information content (AvgIpc) is 3.02. The van der Waals surface area contributed by atoms with Gasteiger partial charge in [0.05, 0.1) is 0 Å². The molecule has 0 aliphatic carbocycles. The summed E-state index contributed by atoms with van der Waals surface area (Å²) < 4.78 is 13.6. The summed E-state index contributed by atoms with van der Waals surface area (Å²) in [5.41, 5.74) is 11.5. The molecule has 2 aliphatic heterocycles. The van der Waals surface area contributed by atoms with Crippen molar-refractivity contribution in [2.75, 3.05) is 0 Å². The predicted octanol–water partition coefficient (Wildman–Crippen LogP) is 7.72. The fraction of sp³-hybridized carbons (Fsp3) is 0.0270. The van der Waals surface area contributed by atoms with Gasteiger partial charge in [-0.3, -0.25) is 0 Å². The summed E-state index contributed by atoms with van der Waals surface area (Å²) in [5, 5.41) is 0. The lowest BCUT2D eigenvalue weighted by Gasteiger charge is -2.35. The lowest BCUT2D eigenvalue weighted by atomic mass is 9.34. The van der Waals surface area contributed by atoms with Crippen molar-refractivity contribution in [3.63, 3.8) is 0 Å². The molecule has 3 heteroatoms. The van der Waals surface area contributed by atoms with Gasteiger partial charge in [-0.1, -0.05) is 115 Å². The molecule has 2 heterocycles. The number of para-hydroxylation sites is 1. The zero-order valence-electron chi connectivity index (χ0n) is 22.1. The highest BCUT2D eigenvalue weighted by Crippen LogP contribution is 2.43. The van der Waals surface area contributed by atoms with E-state index in [1.54, 1.807) is 0 Å². The van der Waals surface area contributed by atoms with Gasteiger partial charge in [0.1, 0.15) is 23.0 Å². The summed E-state index contributed by atoms with van der Waals surface area (Å²) in [5.74, 6) is 3.54. The van der Waals surface area contributed by atoms with E-state index < -0.39 is 0 Å². The van der Waals surface area contributed by atoms with E-state index in [1.807, 2.05) is 6.07 Å². The maximum absolute atomic E-state index is 6.81. The van der Waals surface area contributed by atoms with Crippen LogP contribution in [0, 0.1) is 6.92 Å². The Kier molecular flexibility index (Phi) is 5.18. The van der Waals surface area contributed by atoms with Crippen molar-refractivity contribution in [1.29, 1.82) is 0 Å². The molecule has 2 aliphatic rings. The van der Waals surface area contributed by atoms with Gasteiger partial charge in [0.25, 0.3) is 6.71 Å². The van der Waals surface area contributed by atoms with E-state index in [9.17, 15) is 0 Å². The van der Waals surface area contributed by atoms with E-state index in [-0.39, 0.29) is 6.71 Å². The van der Waals surface area contributed by atoms with Crippen LogP contribution in [0.2, 0.25) is 0 Å². The highest BCUT2D eigenvalue weighted by Gasteiger charge is 2.42. The first kappa shape index (κ1) is 22.9. The highest BCUT2D eigenvalue weighted by atomic mass is 16.5. The minimum atomic E-state index is -0.0196. The Morgan fingerprint density at radius 1 is 0.450 bits per heavy atom. The Hall–Kier alpha value is -5.02. The number of hydrogen-bond acceptors (Lipinski definition) is 2. The van der Waals surface area contributed by atoms with Crippen LogP contribution >= 0.6 is 0 Å². The van der Waals surface area contributed by atoms with Gasteiger partial charge in [0.15, 0.2) is 0 Å². The van der Waals surface area contributed by atoms with E-state index in [0.717, 1.165) is 56.1 Å². The molecule has 6 aromatic carbocycles. The third-order valence-corrected chi connectivity index (χ3v) is 8.17. The second-order valence-corrected chi connectivity index (χ2v) is 10.5. The lowest BCUT2D eigenvalue weighted by molar-refractivity contribution is 0.466. The molecular formula is C37H25BO2. The molecule has 188 valence electrons. The molecule has 0 saturated heterocycles. The average molecular weight is 512 g/mol. The van der Waals surface area contributed by atoms with Crippen LogP contribution in [-0.2, 0) is 0 Å². The molecule has 0 aromatic heterocycles. The molecule has 0 radical (unpaired) electrons. The third-order valence-electron chi connectivity index (χ3n) is 8.17. The van der Waals surface area contributed by atoms with Gasteiger partial charge < -0.3 is 9.47 Å². The molecule has 40 heavy (non-hydrogen) atoms. The van der Waals surface area contributed by atoms with Crippen LogP contribution in [0.1, 0.15) is 5.56 Å². The summed E-state index contributed by atoms with van der Waals surface area (Å²) >= 11 is 0. The minimum absolute atomic E-state index is 0.0196. The molecule has 8 rings (SSSR count). The second-order valence-electron chi connectivity index (χ2n) is 10.5. The van der Waals surface area contributed by atoms with Crippen LogP contribution in [0.4, 0.5) is 0 Å². The standard InChI is InChI=1S/C37H25BO2/c1-24-11-8-9-16-28(24)30-17-10-18-31-36(30)40-34-22-20-29(26-14-6-3-7-15-26)37-35(34)38(31)32-23-27(19-21-33(32)39-37)25-12-4-2-5-13-25/h2-23H,1H3. The Morgan fingerprint density at radius 3 is 1.93 bits per heavy atom. The van der Waals surface area contributed by atoms with Crippen molar-refractivity contribution in [2.24, 2.45) is 0 Å². The molecule has 0 spiro atoms. The van der Waals surface area contributed by atoms with Crippen molar-refractivity contribution >= 4 is 23.1 Å². The van der Waals surface area contributed by atoms with Crippen LogP contribution in [-0.4, -0.2) is 6.71 Å². The van der Waals surface area contributed by atoms with Crippen molar-refractivity contribution in [2.45, 2.75) is 6.92 Å². The topological polar surface area (TPSA) is 18.5 Å². The lowest BCUT2D eigenvalue weighted by Crippen LogP contribution is -2.57. The van der Waals surface area contributed by atoms with E-state index in [1.165, 1.54) is 22.3 Å². The van der Waals surface area contributed by atoms with Gasteiger partial charge in [0, 0.05) is 16.6 Å². The fourth-order valence-corrected chi connectivity index (χ4v) is 6.26. The molecule has 0 unspecified atom stereocenters. The highest BCUT2D eigenvalue weighted by molar-refractivity contribution is 6.98. The SMILES string of the molecule is Cc1ccccc1-c1cccc2c1Oc1ccc(-c3ccccc3)c3c1B2c1cc(-c2ccccc2)ccc1O3. The summed E-state index contributed by atoms with van der Waals surface area (Å²) in [4.78, 5) is 0. The largest absolute Gasteiger partial charge is 0.458 e. The van der Waals surface area contributed by atoms with E-state index >= 15 is 0 Å². The van der Waals surface area contributed by atoms with Gasteiger partial charge in [-0.2, -0.15) is 0 Å². The number of aryl methyl sites for hydroxylation is 1. The molecular weight excluding hydrogens is 487 g/mol. The van der Waals surface area contributed by atoms with Gasteiger partial charge >= 0.3 is 0 Å². The molecule has 2 nitrogen and oxygen atoms in total. The fourth-order valence-electron chi connectivity index (χ4n) is 6.26. The van der Waals surface area contributed by atoms with Crippen molar-refractivity contribution in [1.82, 2.24) is 0 Å². The molecule has 0 atom stereocenters. The summed E-state index contributed by atoms with van der Waals surface area (Å²) in [6, 6.07) is 46.9. The molecule has 0 N–H and O–H groups in total. The number of rotatable bonds is 3. The van der Waals surface area contributed by atoms with Crippen LogP contribution < -0.4 is 25.9 Å². The monoisotopic (exact) mass is 512 g/mol. The Balaban J connectivity index is 1.40. The van der Waals surface area contributed by atoms with Gasteiger partial charge in [0.2, 0.25) is 0 Å². The smallest absolute Gasteiger partial charge is 0.260 e. The van der Waals surface area contributed by atoms with E-state index in [4.69, 9.17) is 9.47 Å². The van der Waals surface area contributed by atoms with Crippen LogP contribution in [0.3, 0.4) is 0 Å². The first-order chi connectivity index (χ1) is 19.8. The Labute approximate surface area is 234 Å². The Morgan fingerprint density at radius 2 is 1.12 bits per heavy atom. The number of fused-ring (bicyclic) bond motifs is 4. The molecule has 0 fully saturated rings. The number of ether oxygens (including phenoxy) is 2. The zero-order valence-corrected chi connectivity index (χ0v) is 22.1. The molecule has 6 aromatic rings. The van der Waals surface area contributed by atoms with Crippen LogP contribution in [0.5, 0.6) is 23.0 Å². The van der Waals surface area contributed by atoms with Crippen molar-refractivity contribution in [3.05, 3.63) is 139 Å². The quantitative estimate of drug-likeness (QED) is 0.226. The summed E-state index contributed by atoms with van der Waals surface area (Å²) in [6.45, 7) is 2.14. The summed E-state index contributed by atoms with van der Waals surface area (Å²) in [6.07, 6.45) is 0. The van der Waals surface area contributed by atoms with Crippen LogP contribution in [0.25, 0.3) is 33.4 Å². The van der Waals surface area contributed by atoms with Gasteiger partial charge in [-0.05, 0) is 63.9 Å². The maximum Gasteiger partial charge on any atom is 0.260 e.